The van der Waals surface area contributed by atoms with Crippen LogP contribution in [-0.4, -0.2) is 59.3 Å². The molecular weight excluding hydrogens is 434 g/mol. The number of rotatable bonds is 7. The fraction of sp³-hybridized carbons (Fsp3) is 0.364. The molecule has 30 heavy (non-hydrogen) atoms. The van der Waals surface area contributed by atoms with Gasteiger partial charge in [-0.05, 0) is 35.6 Å². The predicted octanol–water partition coefficient (Wildman–Crippen LogP) is 2.76. The predicted molar refractivity (Wildman–Crippen MR) is 135 cm³/mol. The minimum atomic E-state index is 0. The molecule has 3 rings (SSSR count). The first-order chi connectivity index (χ1) is 14.2. The maximum absolute atomic E-state index is 5.56. The molecule has 0 saturated carbocycles. The zero-order valence-electron chi connectivity index (χ0n) is 17.0. The highest BCUT2D eigenvalue weighted by molar-refractivity contribution is 7.80. The van der Waals surface area contributed by atoms with E-state index in [1.807, 2.05) is 24.3 Å². The number of piperazine rings is 1. The smallest absolute Gasteiger partial charge is 0.169 e. The lowest BCUT2D eigenvalue weighted by molar-refractivity contribution is 0.183. The van der Waals surface area contributed by atoms with E-state index in [1.54, 1.807) is 0 Å². The molecule has 2 aromatic carbocycles. The summed E-state index contributed by atoms with van der Waals surface area (Å²) in [5, 5.41) is 11.5. The second kappa shape index (κ2) is 13.4. The van der Waals surface area contributed by atoms with Crippen molar-refractivity contribution in [1.29, 1.82) is 0 Å². The van der Waals surface area contributed by atoms with Crippen molar-refractivity contribution >= 4 is 47.1 Å². The molecular formula is C22H30ClN5S2. The van der Waals surface area contributed by atoms with Crippen LogP contribution in [0.4, 0.5) is 0 Å². The summed E-state index contributed by atoms with van der Waals surface area (Å²) in [4.78, 5) is 4.71. The van der Waals surface area contributed by atoms with Gasteiger partial charge in [-0.2, -0.15) is 0 Å². The van der Waals surface area contributed by atoms with E-state index in [0.717, 1.165) is 57.5 Å². The maximum Gasteiger partial charge on any atom is 0.169 e. The van der Waals surface area contributed by atoms with Gasteiger partial charge in [0.15, 0.2) is 10.2 Å². The van der Waals surface area contributed by atoms with Crippen LogP contribution in [-0.2, 0) is 13.1 Å². The number of benzene rings is 2. The van der Waals surface area contributed by atoms with Gasteiger partial charge < -0.3 is 20.9 Å². The molecule has 3 N–H and O–H groups in total. The summed E-state index contributed by atoms with van der Waals surface area (Å²) in [5.41, 5.74) is 2.47. The van der Waals surface area contributed by atoms with E-state index in [1.165, 1.54) is 11.1 Å². The van der Waals surface area contributed by atoms with Crippen molar-refractivity contribution in [1.82, 2.24) is 25.8 Å². The van der Waals surface area contributed by atoms with E-state index in [0.29, 0.717) is 5.11 Å². The molecule has 0 aliphatic carbocycles. The Morgan fingerprint density at radius 1 is 0.733 bits per heavy atom. The summed E-state index contributed by atoms with van der Waals surface area (Å²) in [7, 11) is 0. The third-order valence-electron chi connectivity index (χ3n) is 4.96. The number of thiocarbonyl (C=S) groups is 2. The Morgan fingerprint density at radius 2 is 1.27 bits per heavy atom. The first-order valence-electron chi connectivity index (χ1n) is 10.1. The molecule has 5 nitrogen and oxygen atoms in total. The van der Waals surface area contributed by atoms with E-state index >= 15 is 0 Å². The fourth-order valence-corrected chi connectivity index (χ4v) is 3.66. The van der Waals surface area contributed by atoms with Gasteiger partial charge in [0.25, 0.3) is 0 Å². The van der Waals surface area contributed by atoms with Gasteiger partial charge in [0.2, 0.25) is 0 Å². The number of hydrogen-bond donors (Lipinski definition) is 3. The molecule has 0 spiro atoms. The summed E-state index contributed by atoms with van der Waals surface area (Å²) < 4.78 is 0. The number of halogens is 1. The van der Waals surface area contributed by atoms with Gasteiger partial charge in [-0.1, -0.05) is 60.7 Å². The van der Waals surface area contributed by atoms with E-state index in [9.17, 15) is 0 Å². The highest BCUT2D eigenvalue weighted by Crippen LogP contribution is 2.03. The standard InChI is InChI=1S/C22H29N5S2.ClH/c28-21(24-17-19-7-3-1-4-8-19)23-11-12-26-13-15-27(16-14-26)22(29)25-18-20-9-5-2-6-10-20;/h1-10H,11-18H2,(H,25,29)(H2,23,24,28);1H. The summed E-state index contributed by atoms with van der Waals surface area (Å²) >= 11 is 10.9. The van der Waals surface area contributed by atoms with Crippen LogP contribution in [0.5, 0.6) is 0 Å². The normalized spacial score (nSPS) is 13.8. The van der Waals surface area contributed by atoms with E-state index < -0.39 is 0 Å². The first-order valence-corrected chi connectivity index (χ1v) is 10.9. The highest BCUT2D eigenvalue weighted by Gasteiger charge is 2.18. The summed E-state index contributed by atoms with van der Waals surface area (Å²) in [5.74, 6) is 0. The van der Waals surface area contributed by atoms with Crippen molar-refractivity contribution in [3.63, 3.8) is 0 Å². The summed E-state index contributed by atoms with van der Waals surface area (Å²) in [6.07, 6.45) is 0. The van der Waals surface area contributed by atoms with Gasteiger partial charge in [-0.25, -0.2) is 0 Å². The highest BCUT2D eigenvalue weighted by atomic mass is 35.5. The lowest BCUT2D eigenvalue weighted by Crippen LogP contribution is -2.52. The van der Waals surface area contributed by atoms with Crippen LogP contribution in [0.15, 0.2) is 60.7 Å². The van der Waals surface area contributed by atoms with Gasteiger partial charge in [-0.3, -0.25) is 4.90 Å². The molecule has 0 aromatic heterocycles. The third kappa shape index (κ3) is 8.44. The Hall–Kier alpha value is -1.93. The van der Waals surface area contributed by atoms with Crippen LogP contribution in [0.1, 0.15) is 11.1 Å². The molecule has 1 fully saturated rings. The average Bonchev–Trinajstić information content (AvgIpc) is 2.78. The van der Waals surface area contributed by atoms with Crippen molar-refractivity contribution in [3.8, 4) is 0 Å². The second-order valence-corrected chi connectivity index (χ2v) is 7.86. The second-order valence-electron chi connectivity index (χ2n) is 7.07. The Balaban J connectivity index is 0.00000320. The number of hydrogen-bond acceptors (Lipinski definition) is 3. The maximum atomic E-state index is 5.56. The van der Waals surface area contributed by atoms with Crippen molar-refractivity contribution in [2.45, 2.75) is 13.1 Å². The van der Waals surface area contributed by atoms with Gasteiger partial charge in [0, 0.05) is 52.4 Å². The molecule has 0 radical (unpaired) electrons. The zero-order valence-corrected chi connectivity index (χ0v) is 19.5. The fourth-order valence-electron chi connectivity index (χ4n) is 3.23. The molecule has 1 aliphatic rings. The van der Waals surface area contributed by atoms with E-state index in [2.05, 4.69) is 62.1 Å². The molecule has 1 aliphatic heterocycles. The number of nitrogens with zero attached hydrogens (tertiary/aromatic N) is 2. The lowest BCUT2D eigenvalue weighted by Gasteiger charge is -2.36. The van der Waals surface area contributed by atoms with Crippen molar-refractivity contribution in [2.24, 2.45) is 0 Å². The van der Waals surface area contributed by atoms with Crippen LogP contribution in [0.3, 0.4) is 0 Å². The molecule has 2 aromatic rings. The minimum Gasteiger partial charge on any atom is -0.361 e. The van der Waals surface area contributed by atoms with Crippen LogP contribution in [0.2, 0.25) is 0 Å². The van der Waals surface area contributed by atoms with E-state index in [-0.39, 0.29) is 12.4 Å². The van der Waals surface area contributed by atoms with Crippen molar-refractivity contribution in [3.05, 3.63) is 71.8 Å². The molecule has 162 valence electrons. The third-order valence-corrected chi connectivity index (χ3v) is 5.65. The molecule has 1 heterocycles. The lowest BCUT2D eigenvalue weighted by atomic mass is 10.2. The Bertz CT molecular complexity index is 765. The van der Waals surface area contributed by atoms with Crippen molar-refractivity contribution in [2.75, 3.05) is 39.3 Å². The van der Waals surface area contributed by atoms with Crippen molar-refractivity contribution < 1.29 is 0 Å². The zero-order chi connectivity index (χ0) is 20.3. The van der Waals surface area contributed by atoms with Crippen LogP contribution < -0.4 is 16.0 Å². The van der Waals surface area contributed by atoms with E-state index in [4.69, 9.17) is 24.4 Å². The summed E-state index contributed by atoms with van der Waals surface area (Å²) in [6, 6.07) is 20.6. The Kier molecular flexibility index (Phi) is 10.9. The van der Waals surface area contributed by atoms with Crippen LogP contribution in [0, 0.1) is 0 Å². The monoisotopic (exact) mass is 463 g/mol. The number of nitrogens with one attached hydrogen (secondary N) is 3. The minimum absolute atomic E-state index is 0. The first kappa shape index (κ1) is 24.3. The molecule has 0 unspecified atom stereocenters. The Morgan fingerprint density at radius 3 is 1.83 bits per heavy atom. The molecule has 0 bridgehead atoms. The molecule has 0 amide bonds. The largest absolute Gasteiger partial charge is 0.361 e. The summed E-state index contributed by atoms with van der Waals surface area (Å²) in [6.45, 7) is 7.28. The van der Waals surface area contributed by atoms with Crippen LogP contribution >= 0.6 is 36.8 Å². The molecule has 1 saturated heterocycles. The quantitative estimate of drug-likeness (QED) is 0.545. The molecule has 0 atom stereocenters. The Labute approximate surface area is 196 Å². The molecule has 8 heteroatoms. The topological polar surface area (TPSA) is 42.6 Å². The average molecular weight is 464 g/mol. The van der Waals surface area contributed by atoms with Gasteiger partial charge in [0.1, 0.15) is 0 Å². The van der Waals surface area contributed by atoms with Gasteiger partial charge in [-0.15, -0.1) is 12.4 Å². The van der Waals surface area contributed by atoms with Gasteiger partial charge in [0.05, 0.1) is 0 Å². The SMILES string of the molecule is Cl.S=C(NCCN1CCN(C(=S)NCc2ccccc2)CC1)NCc1ccccc1. The van der Waals surface area contributed by atoms with Crippen LogP contribution in [0.25, 0.3) is 0 Å². The van der Waals surface area contributed by atoms with Gasteiger partial charge >= 0.3 is 0 Å².